The van der Waals surface area contributed by atoms with Crippen molar-refractivity contribution < 1.29 is 4.79 Å². The molecule has 0 unspecified atom stereocenters. The minimum Gasteiger partial charge on any atom is -0.342 e. The summed E-state index contributed by atoms with van der Waals surface area (Å²) in [7, 11) is 1.82. The molecule has 3 aromatic rings. The molecule has 0 aliphatic rings. The van der Waals surface area contributed by atoms with E-state index in [4.69, 9.17) is 0 Å². The van der Waals surface area contributed by atoms with Crippen molar-refractivity contribution in [1.82, 2.24) is 9.88 Å². The van der Waals surface area contributed by atoms with Crippen LogP contribution < -0.4 is 0 Å². The van der Waals surface area contributed by atoms with Gasteiger partial charge in [-0.25, -0.2) is 0 Å². The van der Waals surface area contributed by atoms with Crippen LogP contribution in [0.3, 0.4) is 0 Å². The normalized spacial score (nSPS) is 10.9. The molecular formula is C21H20N2OS. The van der Waals surface area contributed by atoms with Gasteiger partial charge in [-0.1, -0.05) is 36.4 Å². The Labute approximate surface area is 152 Å². The van der Waals surface area contributed by atoms with Crippen molar-refractivity contribution in [1.29, 1.82) is 0 Å². The molecule has 4 heteroatoms. The summed E-state index contributed by atoms with van der Waals surface area (Å²) in [6.07, 6.45) is 6.06. The van der Waals surface area contributed by atoms with E-state index in [9.17, 15) is 4.79 Å². The lowest BCUT2D eigenvalue weighted by atomic mass is 10.2. The molecule has 1 aromatic carbocycles. The Morgan fingerprint density at radius 3 is 2.64 bits per heavy atom. The van der Waals surface area contributed by atoms with Crippen LogP contribution in [0.5, 0.6) is 0 Å². The van der Waals surface area contributed by atoms with Crippen molar-refractivity contribution in [2.45, 2.75) is 6.42 Å². The lowest BCUT2D eigenvalue weighted by Crippen LogP contribution is -2.27. The molecule has 25 heavy (non-hydrogen) atoms. The molecule has 2 heterocycles. The monoisotopic (exact) mass is 348 g/mol. The zero-order valence-electron chi connectivity index (χ0n) is 14.1. The Bertz CT molecular complexity index is 841. The molecule has 0 saturated carbocycles. The van der Waals surface area contributed by atoms with E-state index >= 15 is 0 Å². The number of carbonyl (C=O) groups is 1. The maximum absolute atomic E-state index is 12.2. The molecule has 0 bridgehead atoms. The van der Waals surface area contributed by atoms with E-state index in [0.29, 0.717) is 6.54 Å². The van der Waals surface area contributed by atoms with Crippen LogP contribution in [0.15, 0.2) is 72.9 Å². The maximum Gasteiger partial charge on any atom is 0.246 e. The Balaban J connectivity index is 1.56. The number of nitrogens with zero attached hydrogens (tertiary/aromatic N) is 2. The number of thiophene rings is 1. The number of hydrogen-bond donors (Lipinski definition) is 0. The Morgan fingerprint density at radius 2 is 1.88 bits per heavy atom. The quantitative estimate of drug-likeness (QED) is 0.614. The molecule has 0 fully saturated rings. The van der Waals surface area contributed by atoms with Gasteiger partial charge in [0, 0.05) is 47.7 Å². The van der Waals surface area contributed by atoms with E-state index < -0.39 is 0 Å². The van der Waals surface area contributed by atoms with E-state index in [1.807, 2.05) is 55.6 Å². The Kier molecular flexibility index (Phi) is 5.75. The Hall–Kier alpha value is -2.72. The highest BCUT2D eigenvalue weighted by atomic mass is 32.1. The molecule has 0 atom stereocenters. The number of carbonyl (C=O) groups excluding carboxylic acids is 1. The predicted molar refractivity (Wildman–Crippen MR) is 104 cm³/mol. The van der Waals surface area contributed by atoms with E-state index in [2.05, 4.69) is 23.2 Å². The van der Waals surface area contributed by atoms with Crippen LogP contribution in [0.2, 0.25) is 0 Å². The van der Waals surface area contributed by atoms with Crippen LogP contribution in [0.1, 0.15) is 10.6 Å². The van der Waals surface area contributed by atoms with Crippen molar-refractivity contribution in [2.75, 3.05) is 13.6 Å². The van der Waals surface area contributed by atoms with Crippen LogP contribution in [0, 0.1) is 0 Å². The van der Waals surface area contributed by atoms with Crippen molar-refractivity contribution >= 4 is 23.3 Å². The maximum atomic E-state index is 12.2. The van der Waals surface area contributed by atoms with Gasteiger partial charge in [0.15, 0.2) is 0 Å². The highest BCUT2D eigenvalue weighted by Gasteiger charge is 2.06. The van der Waals surface area contributed by atoms with E-state index in [-0.39, 0.29) is 5.91 Å². The first kappa shape index (κ1) is 17.1. The zero-order valence-corrected chi connectivity index (χ0v) is 14.9. The van der Waals surface area contributed by atoms with Gasteiger partial charge in [0.2, 0.25) is 5.91 Å². The van der Waals surface area contributed by atoms with Crippen molar-refractivity contribution in [2.24, 2.45) is 0 Å². The van der Waals surface area contributed by atoms with Crippen molar-refractivity contribution in [3.63, 3.8) is 0 Å². The van der Waals surface area contributed by atoms with Gasteiger partial charge in [-0.05, 0) is 35.9 Å². The van der Waals surface area contributed by atoms with Crippen molar-refractivity contribution in [3.05, 3.63) is 83.5 Å². The van der Waals surface area contributed by atoms with Crippen LogP contribution >= 0.6 is 11.3 Å². The van der Waals surface area contributed by atoms with Gasteiger partial charge in [-0.3, -0.25) is 9.78 Å². The van der Waals surface area contributed by atoms with Gasteiger partial charge in [0.25, 0.3) is 0 Å². The second kappa shape index (κ2) is 8.40. The van der Waals surface area contributed by atoms with Gasteiger partial charge >= 0.3 is 0 Å². The first-order valence-corrected chi connectivity index (χ1v) is 9.02. The summed E-state index contributed by atoms with van der Waals surface area (Å²) in [5.41, 5.74) is 2.20. The molecular weight excluding hydrogens is 328 g/mol. The summed E-state index contributed by atoms with van der Waals surface area (Å²) in [5.74, 6) is 0.00518. The number of aromatic nitrogens is 1. The van der Waals surface area contributed by atoms with Crippen LogP contribution in [-0.4, -0.2) is 29.4 Å². The summed E-state index contributed by atoms with van der Waals surface area (Å²) in [6.45, 7) is 0.653. The molecule has 2 aromatic heterocycles. The van der Waals surface area contributed by atoms with E-state index in [0.717, 1.165) is 17.0 Å². The number of hydrogen-bond acceptors (Lipinski definition) is 3. The largest absolute Gasteiger partial charge is 0.342 e. The molecule has 0 aliphatic carbocycles. The summed E-state index contributed by atoms with van der Waals surface area (Å²) < 4.78 is 0. The molecule has 3 rings (SSSR count). The fraction of sp³-hybridized carbons (Fsp3) is 0.143. The third kappa shape index (κ3) is 4.88. The first-order valence-electron chi connectivity index (χ1n) is 8.21. The second-order valence-electron chi connectivity index (χ2n) is 5.73. The predicted octanol–water partition coefficient (Wildman–Crippen LogP) is 4.52. The first-order chi connectivity index (χ1) is 12.2. The van der Waals surface area contributed by atoms with Gasteiger partial charge in [0.05, 0.1) is 0 Å². The summed E-state index contributed by atoms with van der Waals surface area (Å²) >= 11 is 1.68. The Morgan fingerprint density at radius 1 is 1.08 bits per heavy atom. The van der Waals surface area contributed by atoms with Gasteiger partial charge in [-0.15, -0.1) is 11.3 Å². The lowest BCUT2D eigenvalue weighted by molar-refractivity contribution is -0.124. The van der Waals surface area contributed by atoms with Crippen LogP contribution in [0.25, 0.3) is 16.5 Å². The third-order valence-corrected chi connectivity index (χ3v) is 4.98. The average molecular weight is 348 g/mol. The van der Waals surface area contributed by atoms with Crippen LogP contribution in [-0.2, 0) is 11.2 Å². The standard InChI is InChI=1S/C21H20N2OS/c1-23(16-14-18-9-5-6-15-22-18)21(24)13-11-19-10-12-20(25-19)17-7-3-2-4-8-17/h2-13,15H,14,16H2,1H3/b13-11+. The second-order valence-corrected chi connectivity index (χ2v) is 6.85. The average Bonchev–Trinajstić information content (AvgIpc) is 3.15. The molecule has 0 saturated heterocycles. The number of amides is 1. The van der Waals surface area contributed by atoms with E-state index in [1.165, 1.54) is 10.4 Å². The highest BCUT2D eigenvalue weighted by molar-refractivity contribution is 7.16. The lowest BCUT2D eigenvalue weighted by Gasteiger charge is -2.14. The number of likely N-dealkylation sites (N-methyl/N-ethyl adjacent to an activating group) is 1. The number of rotatable bonds is 6. The molecule has 0 spiro atoms. The molecule has 0 aliphatic heterocycles. The summed E-state index contributed by atoms with van der Waals surface area (Å²) in [4.78, 5) is 20.5. The fourth-order valence-corrected chi connectivity index (χ4v) is 3.34. The summed E-state index contributed by atoms with van der Waals surface area (Å²) in [6, 6.07) is 20.2. The highest BCUT2D eigenvalue weighted by Crippen LogP contribution is 2.28. The van der Waals surface area contributed by atoms with Crippen molar-refractivity contribution in [3.8, 4) is 10.4 Å². The SMILES string of the molecule is CN(CCc1ccccn1)C(=O)/C=C/c1ccc(-c2ccccc2)s1. The smallest absolute Gasteiger partial charge is 0.246 e. The number of benzene rings is 1. The molecule has 126 valence electrons. The molecule has 1 amide bonds. The fourth-order valence-electron chi connectivity index (χ4n) is 2.42. The third-order valence-electron chi connectivity index (χ3n) is 3.88. The van der Waals surface area contributed by atoms with E-state index in [1.54, 1.807) is 28.5 Å². The minimum atomic E-state index is 0.00518. The topological polar surface area (TPSA) is 33.2 Å². The minimum absolute atomic E-state index is 0.00518. The van der Waals surface area contributed by atoms with Gasteiger partial charge in [0.1, 0.15) is 0 Å². The number of pyridine rings is 1. The molecule has 3 nitrogen and oxygen atoms in total. The zero-order chi connectivity index (χ0) is 17.5. The molecule has 0 radical (unpaired) electrons. The molecule has 0 N–H and O–H groups in total. The van der Waals surface area contributed by atoms with Gasteiger partial charge in [-0.2, -0.15) is 0 Å². The van der Waals surface area contributed by atoms with Gasteiger partial charge < -0.3 is 4.90 Å². The van der Waals surface area contributed by atoms with Crippen LogP contribution in [0.4, 0.5) is 0 Å². The summed E-state index contributed by atoms with van der Waals surface area (Å²) in [5, 5.41) is 0.